The van der Waals surface area contributed by atoms with E-state index in [9.17, 15) is 26.4 Å². The first-order chi connectivity index (χ1) is 17.3. The number of halogens is 5. The van der Waals surface area contributed by atoms with Gasteiger partial charge in [0.2, 0.25) is 5.91 Å². The van der Waals surface area contributed by atoms with E-state index in [4.69, 9.17) is 32.7 Å². The Hall–Kier alpha value is -3.15. The number of sulfonamides is 1. The van der Waals surface area contributed by atoms with Gasteiger partial charge >= 0.3 is 6.18 Å². The summed E-state index contributed by atoms with van der Waals surface area (Å²) in [7, 11) is -1.76. The number of alkyl halides is 3. The molecule has 7 nitrogen and oxygen atoms in total. The predicted molar refractivity (Wildman–Crippen MR) is 135 cm³/mol. The van der Waals surface area contributed by atoms with Gasteiger partial charge in [0.15, 0.2) is 0 Å². The average molecular weight is 577 g/mol. The Labute approximate surface area is 221 Å². The number of nitrogens with zero attached hydrogens (tertiary/aromatic N) is 1. The Kier molecular flexibility index (Phi) is 8.51. The van der Waals surface area contributed by atoms with Gasteiger partial charge in [0.05, 0.1) is 35.5 Å². The van der Waals surface area contributed by atoms with Crippen LogP contribution in [0.5, 0.6) is 11.5 Å². The fraction of sp³-hybridized carbons (Fsp3) is 0.208. The maximum Gasteiger partial charge on any atom is 0.417 e. The zero-order valence-corrected chi connectivity index (χ0v) is 22.0. The summed E-state index contributed by atoms with van der Waals surface area (Å²) >= 11 is 11.8. The molecule has 0 saturated carbocycles. The Morgan fingerprint density at radius 1 is 0.946 bits per heavy atom. The van der Waals surface area contributed by atoms with E-state index in [0.717, 1.165) is 10.4 Å². The highest BCUT2D eigenvalue weighted by Gasteiger charge is 2.34. The van der Waals surface area contributed by atoms with Crippen molar-refractivity contribution in [2.24, 2.45) is 0 Å². The normalized spacial score (nSPS) is 11.7. The summed E-state index contributed by atoms with van der Waals surface area (Å²) in [5.74, 6) is -0.623. The van der Waals surface area contributed by atoms with Crippen LogP contribution >= 0.6 is 23.2 Å². The molecule has 0 heterocycles. The molecule has 1 amide bonds. The minimum Gasteiger partial charge on any atom is -0.495 e. The van der Waals surface area contributed by atoms with Crippen LogP contribution in [0.2, 0.25) is 10.0 Å². The highest BCUT2D eigenvalue weighted by molar-refractivity contribution is 7.93. The monoisotopic (exact) mass is 576 g/mol. The molecule has 0 atom stereocenters. The van der Waals surface area contributed by atoms with Crippen LogP contribution in [0.3, 0.4) is 0 Å². The molecule has 0 aliphatic rings. The minimum atomic E-state index is -4.76. The molecule has 0 radical (unpaired) electrons. The average Bonchev–Trinajstić information content (AvgIpc) is 2.83. The van der Waals surface area contributed by atoms with Crippen molar-refractivity contribution in [2.45, 2.75) is 18.0 Å². The molecular weight excluding hydrogens is 556 g/mol. The highest BCUT2D eigenvalue weighted by atomic mass is 35.5. The fourth-order valence-corrected chi connectivity index (χ4v) is 5.51. The third kappa shape index (κ3) is 6.41. The van der Waals surface area contributed by atoms with Crippen LogP contribution in [-0.2, 0) is 21.0 Å². The van der Waals surface area contributed by atoms with Crippen LogP contribution in [0.25, 0.3) is 0 Å². The molecule has 3 rings (SSSR count). The summed E-state index contributed by atoms with van der Waals surface area (Å²) in [6.07, 6.45) is -4.76. The van der Waals surface area contributed by atoms with Gasteiger partial charge in [0.1, 0.15) is 22.9 Å². The lowest BCUT2D eigenvalue weighted by Crippen LogP contribution is -2.38. The lowest BCUT2D eigenvalue weighted by atomic mass is 10.2. The van der Waals surface area contributed by atoms with Gasteiger partial charge in [-0.15, -0.1) is 0 Å². The first-order valence-electron chi connectivity index (χ1n) is 10.5. The summed E-state index contributed by atoms with van der Waals surface area (Å²) in [5, 5.41) is 1.82. The van der Waals surface area contributed by atoms with E-state index in [2.05, 4.69) is 5.32 Å². The number of carbonyl (C=O) groups excluding carboxylic acids is 1. The van der Waals surface area contributed by atoms with Gasteiger partial charge in [0, 0.05) is 5.69 Å². The number of anilines is 2. The number of nitrogens with one attached hydrogen (secondary N) is 1. The molecule has 0 spiro atoms. The van der Waals surface area contributed by atoms with Crippen LogP contribution < -0.4 is 19.1 Å². The van der Waals surface area contributed by atoms with E-state index in [-0.39, 0.29) is 32.8 Å². The third-order valence-electron chi connectivity index (χ3n) is 5.15. The highest BCUT2D eigenvalue weighted by Crippen LogP contribution is 2.37. The SMILES string of the molecule is COc1ccc(N(CC(=O)Nc2ccc(Cl)c(C(F)(F)F)c2)S(=O)(=O)c2cc(C)ccc2OC)cc1Cl. The molecular formula is C24H21Cl2F3N2O5S. The molecule has 3 aromatic rings. The number of aryl methyl sites for hydroxylation is 1. The predicted octanol–water partition coefficient (Wildman–Crippen LogP) is 6.17. The molecule has 0 aromatic heterocycles. The van der Waals surface area contributed by atoms with Crippen LogP contribution in [0.1, 0.15) is 11.1 Å². The third-order valence-corrected chi connectivity index (χ3v) is 7.57. The lowest BCUT2D eigenvalue weighted by molar-refractivity contribution is -0.137. The summed E-state index contributed by atoms with van der Waals surface area (Å²) in [4.78, 5) is 12.7. The number of amides is 1. The van der Waals surface area contributed by atoms with Gasteiger partial charge in [-0.1, -0.05) is 29.3 Å². The summed E-state index contributed by atoms with van der Waals surface area (Å²) in [6, 6.07) is 11.4. The summed E-state index contributed by atoms with van der Waals surface area (Å²) in [6.45, 7) is 0.880. The van der Waals surface area contributed by atoms with Crippen molar-refractivity contribution in [1.29, 1.82) is 0 Å². The van der Waals surface area contributed by atoms with Crippen molar-refractivity contribution < 1.29 is 35.9 Å². The Balaban J connectivity index is 2.05. The van der Waals surface area contributed by atoms with Crippen LogP contribution in [-0.4, -0.2) is 35.1 Å². The Bertz CT molecular complexity index is 1430. The molecule has 0 aliphatic carbocycles. The van der Waals surface area contributed by atoms with Crippen molar-refractivity contribution in [1.82, 2.24) is 0 Å². The number of benzene rings is 3. The van der Waals surface area contributed by atoms with Gasteiger partial charge in [0.25, 0.3) is 10.0 Å². The Morgan fingerprint density at radius 3 is 2.19 bits per heavy atom. The second-order valence-electron chi connectivity index (χ2n) is 7.73. The number of methoxy groups -OCH3 is 2. The van der Waals surface area contributed by atoms with E-state index >= 15 is 0 Å². The second kappa shape index (κ2) is 11.1. The van der Waals surface area contributed by atoms with Crippen LogP contribution in [0, 0.1) is 6.92 Å². The topological polar surface area (TPSA) is 84.9 Å². The van der Waals surface area contributed by atoms with Crippen molar-refractivity contribution in [3.8, 4) is 11.5 Å². The summed E-state index contributed by atoms with van der Waals surface area (Å²) in [5.41, 5.74) is -0.753. The van der Waals surface area contributed by atoms with E-state index in [0.29, 0.717) is 11.6 Å². The van der Waals surface area contributed by atoms with Crippen molar-refractivity contribution in [3.05, 3.63) is 75.8 Å². The van der Waals surface area contributed by atoms with Crippen molar-refractivity contribution in [3.63, 3.8) is 0 Å². The second-order valence-corrected chi connectivity index (χ2v) is 10.4. The summed E-state index contributed by atoms with van der Waals surface area (Å²) < 4.78 is 78.3. The minimum absolute atomic E-state index is 0.0107. The molecule has 0 fully saturated rings. The number of ether oxygens (including phenoxy) is 2. The maximum atomic E-state index is 13.8. The number of rotatable bonds is 8. The first-order valence-corrected chi connectivity index (χ1v) is 12.6. The zero-order chi connectivity index (χ0) is 27.5. The maximum absolute atomic E-state index is 13.8. The molecule has 198 valence electrons. The van der Waals surface area contributed by atoms with Crippen LogP contribution in [0.4, 0.5) is 24.5 Å². The molecule has 13 heteroatoms. The van der Waals surface area contributed by atoms with Gasteiger partial charge in [-0.3, -0.25) is 9.10 Å². The van der Waals surface area contributed by atoms with E-state index < -0.39 is 39.2 Å². The van der Waals surface area contributed by atoms with E-state index in [1.807, 2.05) is 0 Å². The molecule has 0 bridgehead atoms. The molecule has 0 saturated heterocycles. The molecule has 1 N–H and O–H groups in total. The molecule has 0 unspecified atom stereocenters. The van der Waals surface area contributed by atoms with Crippen molar-refractivity contribution >= 4 is 50.5 Å². The standard InChI is InChI=1S/C24H21Cl2F3N2O5S/c1-14-4-8-21(36-3)22(10-14)37(33,34)31(16-6-9-20(35-2)19(26)12-16)13-23(32)30-15-5-7-18(25)17(11-15)24(27,28)29/h4-12H,13H2,1-3H3,(H,30,32). The van der Waals surface area contributed by atoms with Gasteiger partial charge in [-0.25, -0.2) is 8.42 Å². The van der Waals surface area contributed by atoms with Crippen molar-refractivity contribution in [2.75, 3.05) is 30.4 Å². The number of hydrogen-bond acceptors (Lipinski definition) is 5. The lowest BCUT2D eigenvalue weighted by Gasteiger charge is -2.25. The van der Waals surface area contributed by atoms with Crippen LogP contribution in [0.15, 0.2) is 59.5 Å². The molecule has 37 heavy (non-hydrogen) atoms. The smallest absolute Gasteiger partial charge is 0.417 e. The number of carbonyl (C=O) groups is 1. The first kappa shape index (κ1) is 28.4. The molecule has 0 aliphatic heterocycles. The fourth-order valence-electron chi connectivity index (χ4n) is 3.38. The van der Waals surface area contributed by atoms with E-state index in [1.165, 1.54) is 50.6 Å². The number of hydrogen-bond donors (Lipinski definition) is 1. The zero-order valence-electron chi connectivity index (χ0n) is 19.7. The van der Waals surface area contributed by atoms with E-state index in [1.54, 1.807) is 13.0 Å². The van der Waals surface area contributed by atoms with Gasteiger partial charge in [-0.05, 0) is 61.0 Å². The largest absolute Gasteiger partial charge is 0.495 e. The van der Waals surface area contributed by atoms with Gasteiger partial charge in [-0.2, -0.15) is 13.2 Å². The van der Waals surface area contributed by atoms with Gasteiger partial charge < -0.3 is 14.8 Å². The molecule has 3 aromatic carbocycles. The quantitative estimate of drug-likeness (QED) is 0.346. The Morgan fingerprint density at radius 2 is 1.59 bits per heavy atom.